The van der Waals surface area contributed by atoms with Crippen LogP contribution in [0.25, 0.3) is 0 Å². The molecule has 0 bridgehead atoms. The number of ether oxygens (including phenoxy) is 4. The molecule has 1 fully saturated rings. The Labute approximate surface area is 416 Å². The van der Waals surface area contributed by atoms with E-state index in [0.717, 1.165) is 38.5 Å². The number of hydrogen-bond donors (Lipinski definition) is 4. The highest BCUT2D eigenvalue weighted by atomic mass is 32.2. The van der Waals surface area contributed by atoms with Gasteiger partial charge in [0.25, 0.3) is 10.1 Å². The van der Waals surface area contributed by atoms with Crippen molar-refractivity contribution in [1.82, 2.24) is 0 Å². The standard InChI is InChI=1S/C55H106O12S/c1-3-5-7-9-11-13-15-17-19-21-23-24-25-26-28-30-32-34-36-38-40-42-44-51(57)66-48(46-65-55-54(60)53(59)52(58)49(67-55)47-68(61,62)63)45-64-50(56)43-41-39-37-35-33-31-29-27-22-20-18-16-14-12-10-8-6-4-2/h48-49,52-55,58-60H,3-47H2,1-2H3,(H,61,62,63). The van der Waals surface area contributed by atoms with Crippen molar-refractivity contribution in [3.05, 3.63) is 0 Å². The van der Waals surface area contributed by atoms with Gasteiger partial charge in [-0.15, -0.1) is 0 Å². The molecule has 1 aliphatic rings. The van der Waals surface area contributed by atoms with Gasteiger partial charge in [0.05, 0.1) is 6.61 Å². The topological polar surface area (TPSA) is 186 Å². The van der Waals surface area contributed by atoms with E-state index in [4.69, 9.17) is 18.9 Å². The first-order valence-electron chi connectivity index (χ1n) is 28.6. The quantitative estimate of drug-likeness (QED) is 0.0257. The van der Waals surface area contributed by atoms with Gasteiger partial charge in [0.2, 0.25) is 0 Å². The molecule has 0 saturated carbocycles. The monoisotopic (exact) mass is 991 g/mol. The van der Waals surface area contributed by atoms with Gasteiger partial charge < -0.3 is 34.3 Å². The summed E-state index contributed by atoms with van der Waals surface area (Å²) in [7, 11) is -4.60. The minimum atomic E-state index is -4.60. The average molecular weight is 992 g/mol. The molecule has 6 unspecified atom stereocenters. The van der Waals surface area contributed by atoms with Gasteiger partial charge in [-0.3, -0.25) is 14.1 Å². The van der Waals surface area contributed by atoms with E-state index in [2.05, 4.69) is 13.8 Å². The number of carbonyl (C=O) groups is 2. The molecule has 1 saturated heterocycles. The highest BCUT2D eigenvalue weighted by Crippen LogP contribution is 2.24. The highest BCUT2D eigenvalue weighted by Gasteiger charge is 2.46. The third kappa shape index (κ3) is 39.3. The molecule has 12 nitrogen and oxygen atoms in total. The number of aliphatic hydroxyl groups is 3. The van der Waals surface area contributed by atoms with Crippen molar-refractivity contribution >= 4 is 22.1 Å². The van der Waals surface area contributed by atoms with Crippen LogP contribution in [0.2, 0.25) is 0 Å². The lowest BCUT2D eigenvalue weighted by Gasteiger charge is -2.40. The van der Waals surface area contributed by atoms with Gasteiger partial charge in [-0.2, -0.15) is 8.42 Å². The van der Waals surface area contributed by atoms with Gasteiger partial charge in [0.15, 0.2) is 12.4 Å². The molecule has 0 aromatic rings. The highest BCUT2D eigenvalue weighted by molar-refractivity contribution is 7.85. The predicted molar refractivity (Wildman–Crippen MR) is 275 cm³/mol. The van der Waals surface area contributed by atoms with Crippen molar-refractivity contribution in [1.29, 1.82) is 0 Å². The first-order valence-corrected chi connectivity index (χ1v) is 30.2. The Morgan fingerprint density at radius 1 is 0.441 bits per heavy atom. The first kappa shape index (κ1) is 64.7. The molecule has 0 aromatic carbocycles. The molecule has 0 spiro atoms. The molecule has 0 aromatic heterocycles. The van der Waals surface area contributed by atoms with Crippen LogP contribution in [0.5, 0.6) is 0 Å². The number of hydrogen-bond acceptors (Lipinski definition) is 11. The summed E-state index contributed by atoms with van der Waals surface area (Å²) < 4.78 is 54.4. The van der Waals surface area contributed by atoms with Crippen LogP contribution in [0.15, 0.2) is 0 Å². The molecule has 404 valence electrons. The summed E-state index contributed by atoms with van der Waals surface area (Å²) in [5.74, 6) is -1.95. The van der Waals surface area contributed by atoms with Crippen LogP contribution < -0.4 is 0 Å². The molecular weight excluding hydrogens is 885 g/mol. The number of aliphatic hydroxyl groups excluding tert-OH is 3. The fraction of sp³-hybridized carbons (Fsp3) is 0.964. The first-order chi connectivity index (χ1) is 33.0. The Morgan fingerprint density at radius 2 is 0.750 bits per heavy atom. The van der Waals surface area contributed by atoms with Crippen molar-refractivity contribution in [2.45, 2.75) is 320 Å². The fourth-order valence-corrected chi connectivity index (χ4v) is 9.96. The molecule has 4 N–H and O–H groups in total. The van der Waals surface area contributed by atoms with Crippen LogP contribution in [-0.2, 0) is 38.7 Å². The summed E-state index contributed by atoms with van der Waals surface area (Å²) in [6.45, 7) is 3.83. The Kier molecular flexibility index (Phi) is 43.3. The molecule has 1 rings (SSSR count). The Morgan fingerprint density at radius 3 is 1.07 bits per heavy atom. The molecule has 6 atom stereocenters. The summed E-state index contributed by atoms with van der Waals surface area (Å²) in [5, 5.41) is 31.0. The number of carbonyl (C=O) groups excluding carboxylic acids is 2. The molecule has 13 heteroatoms. The van der Waals surface area contributed by atoms with Gasteiger partial charge >= 0.3 is 11.9 Å². The van der Waals surface area contributed by atoms with E-state index < -0.39 is 71.2 Å². The van der Waals surface area contributed by atoms with Crippen LogP contribution in [-0.4, -0.2) is 96.0 Å². The molecule has 1 heterocycles. The van der Waals surface area contributed by atoms with Gasteiger partial charge in [0, 0.05) is 12.8 Å². The second-order valence-corrected chi connectivity index (χ2v) is 21.8. The predicted octanol–water partition coefficient (Wildman–Crippen LogP) is 13.6. The lowest BCUT2D eigenvalue weighted by atomic mass is 10.00. The maximum Gasteiger partial charge on any atom is 0.306 e. The zero-order chi connectivity index (χ0) is 49.8. The largest absolute Gasteiger partial charge is 0.462 e. The summed E-state index contributed by atoms with van der Waals surface area (Å²) in [5.41, 5.74) is 0. The third-order valence-corrected chi connectivity index (χ3v) is 14.4. The summed E-state index contributed by atoms with van der Waals surface area (Å²) in [6.07, 6.45) is 41.4. The lowest BCUT2D eigenvalue weighted by molar-refractivity contribution is -0.297. The third-order valence-electron chi connectivity index (χ3n) is 13.7. The minimum Gasteiger partial charge on any atom is -0.462 e. The van der Waals surface area contributed by atoms with Gasteiger partial charge in [-0.25, -0.2) is 0 Å². The summed E-state index contributed by atoms with van der Waals surface area (Å²) >= 11 is 0. The van der Waals surface area contributed by atoms with E-state index in [0.29, 0.717) is 12.8 Å². The Balaban J connectivity index is 2.29. The zero-order valence-corrected chi connectivity index (χ0v) is 44.6. The van der Waals surface area contributed by atoms with E-state index in [1.54, 1.807) is 0 Å². The van der Waals surface area contributed by atoms with Crippen molar-refractivity contribution in [3.8, 4) is 0 Å². The van der Waals surface area contributed by atoms with Gasteiger partial charge in [-0.1, -0.05) is 258 Å². The van der Waals surface area contributed by atoms with E-state index in [9.17, 15) is 37.9 Å². The van der Waals surface area contributed by atoms with Crippen molar-refractivity contribution in [3.63, 3.8) is 0 Å². The second-order valence-electron chi connectivity index (χ2n) is 20.3. The Hall–Kier alpha value is -1.35. The molecular formula is C55H106O12S. The number of unbranched alkanes of at least 4 members (excludes halogenated alkanes) is 38. The molecule has 68 heavy (non-hydrogen) atoms. The molecule has 1 aliphatic heterocycles. The van der Waals surface area contributed by atoms with Crippen molar-refractivity contribution in [2.75, 3.05) is 19.0 Å². The van der Waals surface area contributed by atoms with Crippen LogP contribution in [0, 0.1) is 0 Å². The maximum atomic E-state index is 12.9. The minimum absolute atomic E-state index is 0.173. The molecule has 0 aliphatic carbocycles. The van der Waals surface area contributed by atoms with E-state index in [1.807, 2.05) is 0 Å². The van der Waals surface area contributed by atoms with Crippen LogP contribution >= 0.6 is 0 Å². The van der Waals surface area contributed by atoms with E-state index in [-0.39, 0.29) is 19.4 Å². The normalized spacial score (nSPS) is 19.1. The van der Waals surface area contributed by atoms with E-state index in [1.165, 1.54) is 205 Å². The van der Waals surface area contributed by atoms with Crippen LogP contribution in [0.1, 0.15) is 284 Å². The summed E-state index contributed by atoms with van der Waals surface area (Å²) in [4.78, 5) is 25.6. The zero-order valence-electron chi connectivity index (χ0n) is 43.7. The number of rotatable bonds is 50. The van der Waals surface area contributed by atoms with Crippen LogP contribution in [0.3, 0.4) is 0 Å². The summed E-state index contributed by atoms with van der Waals surface area (Å²) in [6, 6.07) is 0. The van der Waals surface area contributed by atoms with E-state index >= 15 is 0 Å². The van der Waals surface area contributed by atoms with Crippen molar-refractivity contribution in [2.24, 2.45) is 0 Å². The fourth-order valence-electron chi connectivity index (χ4n) is 9.27. The smallest absolute Gasteiger partial charge is 0.306 e. The average Bonchev–Trinajstić information content (AvgIpc) is 3.31. The van der Waals surface area contributed by atoms with Gasteiger partial charge in [0.1, 0.15) is 36.8 Å². The molecule has 0 radical (unpaired) electrons. The maximum absolute atomic E-state index is 12.9. The van der Waals surface area contributed by atoms with Crippen LogP contribution in [0.4, 0.5) is 0 Å². The Bertz CT molecular complexity index is 1250. The SMILES string of the molecule is CCCCCCCCCCCCCCCCCCCCCCCCC(=O)OC(COC(=O)CCCCCCCCCCCCCCCCCCCC)COC1OC(CS(=O)(=O)O)C(O)C(O)C1O. The number of esters is 2. The lowest BCUT2D eigenvalue weighted by Crippen LogP contribution is -2.60. The second kappa shape index (κ2) is 45.5. The molecule has 0 amide bonds. The van der Waals surface area contributed by atoms with Gasteiger partial charge in [-0.05, 0) is 12.8 Å². The van der Waals surface area contributed by atoms with Crippen molar-refractivity contribution < 1.29 is 56.8 Å².